The lowest BCUT2D eigenvalue weighted by Gasteiger charge is -2.35. The standard InChI is InChI=1S/C19H30N2O3/c1-13(2)21-14(3)11-17(15(21)4)18(22)20-12-16-5-7-19(8-6-16)23-9-10-24-19/h11,13,16H,5-10,12H2,1-4H3,(H,20,22). The molecular weight excluding hydrogens is 304 g/mol. The number of amides is 1. The molecule has 1 spiro atoms. The van der Waals surface area contributed by atoms with E-state index in [1.54, 1.807) is 0 Å². The molecule has 1 aromatic heterocycles. The molecule has 2 fully saturated rings. The van der Waals surface area contributed by atoms with Gasteiger partial charge in [0.2, 0.25) is 0 Å². The van der Waals surface area contributed by atoms with E-state index < -0.39 is 0 Å². The molecule has 1 saturated carbocycles. The molecular formula is C19H30N2O3. The van der Waals surface area contributed by atoms with Crippen LogP contribution in [0.5, 0.6) is 0 Å². The Labute approximate surface area is 144 Å². The van der Waals surface area contributed by atoms with Gasteiger partial charge < -0.3 is 19.4 Å². The maximum Gasteiger partial charge on any atom is 0.253 e. The van der Waals surface area contributed by atoms with Crippen molar-refractivity contribution in [2.45, 2.75) is 65.2 Å². The largest absolute Gasteiger partial charge is 0.352 e. The first kappa shape index (κ1) is 17.5. The molecule has 24 heavy (non-hydrogen) atoms. The van der Waals surface area contributed by atoms with Gasteiger partial charge in [-0.3, -0.25) is 4.79 Å². The van der Waals surface area contributed by atoms with E-state index in [0.717, 1.165) is 49.2 Å². The molecule has 0 atom stereocenters. The van der Waals surface area contributed by atoms with Crippen LogP contribution in [0.3, 0.4) is 0 Å². The van der Waals surface area contributed by atoms with Gasteiger partial charge in [0.25, 0.3) is 5.91 Å². The normalized spacial score (nSPS) is 20.9. The number of nitrogens with zero attached hydrogens (tertiary/aromatic N) is 1. The number of carbonyl (C=O) groups is 1. The Kier molecular flexibility index (Phi) is 5.02. The quantitative estimate of drug-likeness (QED) is 0.919. The van der Waals surface area contributed by atoms with Gasteiger partial charge in [0.15, 0.2) is 5.79 Å². The van der Waals surface area contributed by atoms with E-state index in [9.17, 15) is 4.79 Å². The summed E-state index contributed by atoms with van der Waals surface area (Å²) in [5.74, 6) is 0.243. The second-order valence-corrected chi connectivity index (χ2v) is 7.51. The van der Waals surface area contributed by atoms with Crippen LogP contribution in [-0.2, 0) is 9.47 Å². The van der Waals surface area contributed by atoms with Gasteiger partial charge in [0.1, 0.15) is 0 Å². The number of ether oxygens (including phenoxy) is 2. The van der Waals surface area contributed by atoms with Crippen molar-refractivity contribution in [2.24, 2.45) is 5.92 Å². The summed E-state index contributed by atoms with van der Waals surface area (Å²) in [4.78, 5) is 12.6. The third kappa shape index (κ3) is 3.38. The predicted molar refractivity (Wildman–Crippen MR) is 93.2 cm³/mol. The molecule has 1 N–H and O–H groups in total. The number of hydrogen-bond acceptors (Lipinski definition) is 3. The van der Waals surface area contributed by atoms with Crippen LogP contribution in [-0.4, -0.2) is 36.0 Å². The summed E-state index contributed by atoms with van der Waals surface area (Å²) in [5, 5.41) is 3.13. The van der Waals surface area contributed by atoms with Crippen molar-refractivity contribution in [1.82, 2.24) is 9.88 Å². The highest BCUT2D eigenvalue weighted by atomic mass is 16.7. The molecule has 1 aliphatic heterocycles. The summed E-state index contributed by atoms with van der Waals surface area (Å²) < 4.78 is 13.7. The van der Waals surface area contributed by atoms with Gasteiger partial charge in [-0.2, -0.15) is 0 Å². The average molecular weight is 334 g/mol. The lowest BCUT2D eigenvalue weighted by atomic mass is 9.85. The Morgan fingerprint density at radius 3 is 2.46 bits per heavy atom. The van der Waals surface area contributed by atoms with Crippen LogP contribution in [0.4, 0.5) is 0 Å². The highest BCUT2D eigenvalue weighted by Crippen LogP contribution is 2.38. The third-order valence-electron chi connectivity index (χ3n) is 5.48. The molecule has 1 aliphatic carbocycles. The molecule has 2 aliphatic rings. The SMILES string of the molecule is Cc1cc(C(=O)NCC2CCC3(CC2)OCCO3)c(C)n1C(C)C. The highest BCUT2D eigenvalue weighted by Gasteiger charge is 2.40. The van der Waals surface area contributed by atoms with Crippen molar-refractivity contribution in [3.05, 3.63) is 23.0 Å². The fraction of sp³-hybridized carbons (Fsp3) is 0.737. The number of aryl methyl sites for hydroxylation is 1. The van der Waals surface area contributed by atoms with E-state index in [1.165, 1.54) is 0 Å². The monoisotopic (exact) mass is 334 g/mol. The smallest absolute Gasteiger partial charge is 0.253 e. The average Bonchev–Trinajstić information content (AvgIpc) is 3.11. The molecule has 1 saturated heterocycles. The molecule has 1 aromatic rings. The topological polar surface area (TPSA) is 52.5 Å². The predicted octanol–water partition coefficient (Wildman–Crippen LogP) is 3.35. The number of rotatable bonds is 4. The van der Waals surface area contributed by atoms with E-state index >= 15 is 0 Å². The minimum absolute atomic E-state index is 0.0450. The van der Waals surface area contributed by atoms with E-state index in [2.05, 4.69) is 30.7 Å². The zero-order chi connectivity index (χ0) is 17.3. The fourth-order valence-electron chi connectivity index (χ4n) is 4.24. The van der Waals surface area contributed by atoms with Crippen molar-refractivity contribution >= 4 is 5.91 Å². The summed E-state index contributed by atoms with van der Waals surface area (Å²) in [5.41, 5.74) is 2.99. The minimum Gasteiger partial charge on any atom is -0.352 e. The molecule has 5 heteroatoms. The highest BCUT2D eigenvalue weighted by molar-refractivity contribution is 5.95. The molecule has 0 aromatic carbocycles. The van der Waals surface area contributed by atoms with Gasteiger partial charge in [-0.05, 0) is 52.5 Å². The maximum absolute atomic E-state index is 12.6. The van der Waals surface area contributed by atoms with Crippen molar-refractivity contribution in [1.29, 1.82) is 0 Å². The number of hydrogen-bond donors (Lipinski definition) is 1. The Balaban J connectivity index is 1.54. The lowest BCUT2D eigenvalue weighted by molar-refractivity contribution is -0.182. The number of nitrogens with one attached hydrogen (secondary N) is 1. The number of aromatic nitrogens is 1. The third-order valence-corrected chi connectivity index (χ3v) is 5.48. The fourth-order valence-corrected chi connectivity index (χ4v) is 4.24. The summed E-state index contributed by atoms with van der Waals surface area (Å²) in [6, 6.07) is 2.37. The van der Waals surface area contributed by atoms with E-state index in [4.69, 9.17) is 9.47 Å². The molecule has 3 rings (SSSR count). The van der Waals surface area contributed by atoms with Crippen molar-refractivity contribution in [3.63, 3.8) is 0 Å². The zero-order valence-corrected chi connectivity index (χ0v) is 15.4. The van der Waals surface area contributed by atoms with E-state index in [-0.39, 0.29) is 11.7 Å². The molecule has 2 heterocycles. The maximum atomic E-state index is 12.6. The van der Waals surface area contributed by atoms with E-state index in [1.807, 2.05) is 13.0 Å². The molecule has 0 radical (unpaired) electrons. The summed E-state index contributed by atoms with van der Waals surface area (Å²) in [6.07, 6.45) is 3.97. The Morgan fingerprint density at radius 2 is 1.92 bits per heavy atom. The van der Waals surface area contributed by atoms with Gasteiger partial charge >= 0.3 is 0 Å². The van der Waals surface area contributed by atoms with E-state index in [0.29, 0.717) is 25.2 Å². The van der Waals surface area contributed by atoms with Gasteiger partial charge in [-0.1, -0.05) is 0 Å². The minimum atomic E-state index is -0.317. The van der Waals surface area contributed by atoms with Crippen LogP contribution in [0.1, 0.15) is 67.3 Å². The first-order valence-electron chi connectivity index (χ1n) is 9.16. The van der Waals surface area contributed by atoms with Crippen molar-refractivity contribution in [2.75, 3.05) is 19.8 Å². The molecule has 134 valence electrons. The summed E-state index contributed by atoms with van der Waals surface area (Å²) >= 11 is 0. The summed E-state index contributed by atoms with van der Waals surface area (Å²) in [7, 11) is 0. The number of carbonyl (C=O) groups excluding carboxylic acids is 1. The first-order valence-corrected chi connectivity index (χ1v) is 9.16. The second-order valence-electron chi connectivity index (χ2n) is 7.51. The molecule has 1 amide bonds. The van der Waals surface area contributed by atoms with Gasteiger partial charge in [0.05, 0.1) is 18.8 Å². The van der Waals surface area contributed by atoms with Crippen LogP contribution >= 0.6 is 0 Å². The Hall–Kier alpha value is -1.33. The molecule has 5 nitrogen and oxygen atoms in total. The van der Waals surface area contributed by atoms with Crippen LogP contribution in [0, 0.1) is 19.8 Å². The van der Waals surface area contributed by atoms with Crippen LogP contribution in [0.25, 0.3) is 0 Å². The summed E-state index contributed by atoms with van der Waals surface area (Å²) in [6.45, 7) is 10.5. The Bertz CT molecular complexity index is 590. The van der Waals surface area contributed by atoms with Crippen LogP contribution in [0.2, 0.25) is 0 Å². The van der Waals surface area contributed by atoms with Gasteiger partial charge in [0, 0.05) is 36.8 Å². The van der Waals surface area contributed by atoms with Crippen molar-refractivity contribution < 1.29 is 14.3 Å². The Morgan fingerprint density at radius 1 is 1.29 bits per heavy atom. The lowest BCUT2D eigenvalue weighted by Crippen LogP contribution is -2.38. The molecule has 0 unspecified atom stereocenters. The first-order chi connectivity index (χ1) is 11.4. The van der Waals surface area contributed by atoms with Crippen molar-refractivity contribution in [3.8, 4) is 0 Å². The van der Waals surface area contributed by atoms with Gasteiger partial charge in [-0.25, -0.2) is 0 Å². The second kappa shape index (κ2) is 6.89. The van der Waals surface area contributed by atoms with Crippen LogP contribution < -0.4 is 5.32 Å². The zero-order valence-electron chi connectivity index (χ0n) is 15.4. The van der Waals surface area contributed by atoms with Gasteiger partial charge in [-0.15, -0.1) is 0 Å². The van der Waals surface area contributed by atoms with Crippen LogP contribution in [0.15, 0.2) is 6.07 Å². The molecule has 0 bridgehead atoms.